The van der Waals surface area contributed by atoms with Gasteiger partial charge in [-0.05, 0) is 19.3 Å². The van der Waals surface area contributed by atoms with Crippen LogP contribution >= 0.6 is 11.8 Å². The van der Waals surface area contributed by atoms with Gasteiger partial charge in [-0.1, -0.05) is 0 Å². The molecule has 1 spiro atoms. The van der Waals surface area contributed by atoms with Crippen LogP contribution in [0.25, 0.3) is 0 Å². The number of carbonyl (C=O) groups excluding carboxylic acids is 2. The number of amides is 2. The third-order valence-corrected chi connectivity index (χ3v) is 6.28. The second kappa shape index (κ2) is 5.56. The Morgan fingerprint density at radius 3 is 2.80 bits per heavy atom. The molecule has 112 valence electrons. The second-order valence-corrected chi connectivity index (χ2v) is 7.53. The standard InChI is InChI=1S/C14H22N2O3S/c1-15-11(2-3-12(15)17)13(18)16-6-9-20-14(10-16)4-7-19-8-5-14/h11H,2-10H2,1H3. The predicted octanol–water partition coefficient (Wildman–Crippen LogP) is 0.732. The Labute approximate surface area is 124 Å². The lowest BCUT2D eigenvalue weighted by Gasteiger charge is -2.45. The summed E-state index contributed by atoms with van der Waals surface area (Å²) in [4.78, 5) is 27.9. The van der Waals surface area contributed by atoms with Crippen LogP contribution in [0, 0.1) is 0 Å². The van der Waals surface area contributed by atoms with E-state index < -0.39 is 0 Å². The minimum Gasteiger partial charge on any atom is -0.381 e. The van der Waals surface area contributed by atoms with E-state index in [1.807, 2.05) is 16.7 Å². The van der Waals surface area contributed by atoms with Crippen molar-refractivity contribution in [2.24, 2.45) is 0 Å². The molecule has 0 aromatic rings. The highest BCUT2D eigenvalue weighted by Gasteiger charge is 2.42. The van der Waals surface area contributed by atoms with Gasteiger partial charge in [-0.25, -0.2) is 0 Å². The van der Waals surface area contributed by atoms with E-state index in [0.717, 1.165) is 44.9 Å². The van der Waals surface area contributed by atoms with Crippen molar-refractivity contribution in [3.8, 4) is 0 Å². The number of carbonyl (C=O) groups is 2. The van der Waals surface area contributed by atoms with E-state index in [1.165, 1.54) is 0 Å². The van der Waals surface area contributed by atoms with E-state index in [-0.39, 0.29) is 22.6 Å². The maximum absolute atomic E-state index is 12.7. The average molecular weight is 298 g/mol. The van der Waals surface area contributed by atoms with Gasteiger partial charge in [-0.3, -0.25) is 9.59 Å². The molecule has 0 saturated carbocycles. The fourth-order valence-corrected chi connectivity index (χ4v) is 4.83. The van der Waals surface area contributed by atoms with Gasteiger partial charge in [0.2, 0.25) is 11.8 Å². The number of thioether (sulfide) groups is 1. The number of likely N-dealkylation sites (N-methyl/N-ethyl adjacent to an activating group) is 1. The van der Waals surface area contributed by atoms with Gasteiger partial charge in [0, 0.05) is 50.3 Å². The van der Waals surface area contributed by atoms with E-state index in [9.17, 15) is 9.59 Å². The minimum atomic E-state index is -0.234. The third-order valence-electron chi connectivity index (χ3n) is 4.74. The molecule has 3 aliphatic heterocycles. The van der Waals surface area contributed by atoms with Gasteiger partial charge in [-0.2, -0.15) is 11.8 Å². The molecular weight excluding hydrogens is 276 g/mol. The number of rotatable bonds is 1. The number of nitrogens with zero attached hydrogens (tertiary/aromatic N) is 2. The maximum Gasteiger partial charge on any atom is 0.245 e. The van der Waals surface area contributed by atoms with Gasteiger partial charge < -0.3 is 14.5 Å². The fourth-order valence-electron chi connectivity index (χ4n) is 3.38. The molecule has 0 aliphatic carbocycles. The molecule has 1 atom stereocenters. The van der Waals surface area contributed by atoms with Crippen LogP contribution in [0.15, 0.2) is 0 Å². The van der Waals surface area contributed by atoms with Gasteiger partial charge in [-0.15, -0.1) is 0 Å². The Morgan fingerprint density at radius 2 is 2.15 bits per heavy atom. The fraction of sp³-hybridized carbons (Fsp3) is 0.857. The lowest BCUT2D eigenvalue weighted by atomic mass is 9.97. The highest BCUT2D eigenvalue weighted by Crippen LogP contribution is 2.39. The SMILES string of the molecule is CN1C(=O)CCC1C(=O)N1CCSC2(CCOCC2)C1. The first-order valence-corrected chi connectivity index (χ1v) is 8.36. The second-order valence-electron chi connectivity index (χ2n) is 5.96. The molecular formula is C14H22N2O3S. The number of hydrogen-bond donors (Lipinski definition) is 0. The number of hydrogen-bond acceptors (Lipinski definition) is 4. The Kier molecular flexibility index (Phi) is 3.95. The van der Waals surface area contributed by atoms with Gasteiger partial charge in [0.05, 0.1) is 0 Å². The quantitative estimate of drug-likeness (QED) is 0.716. The normalized spacial score (nSPS) is 30.1. The van der Waals surface area contributed by atoms with Crippen molar-refractivity contribution in [3.63, 3.8) is 0 Å². The number of likely N-dealkylation sites (tertiary alicyclic amines) is 1. The largest absolute Gasteiger partial charge is 0.381 e. The Hall–Kier alpha value is -0.750. The van der Waals surface area contributed by atoms with E-state index in [2.05, 4.69) is 0 Å². The van der Waals surface area contributed by atoms with E-state index in [1.54, 1.807) is 11.9 Å². The van der Waals surface area contributed by atoms with E-state index in [0.29, 0.717) is 12.8 Å². The Morgan fingerprint density at radius 1 is 1.40 bits per heavy atom. The highest BCUT2D eigenvalue weighted by atomic mass is 32.2. The zero-order valence-corrected chi connectivity index (χ0v) is 12.8. The van der Waals surface area contributed by atoms with Gasteiger partial charge in [0.1, 0.15) is 6.04 Å². The predicted molar refractivity (Wildman–Crippen MR) is 77.6 cm³/mol. The van der Waals surface area contributed by atoms with Crippen molar-refractivity contribution in [2.75, 3.05) is 39.1 Å². The summed E-state index contributed by atoms with van der Waals surface area (Å²) in [5, 5.41) is 0. The molecule has 0 bridgehead atoms. The Balaban J connectivity index is 1.67. The first kappa shape index (κ1) is 14.2. The molecule has 5 nitrogen and oxygen atoms in total. The molecule has 3 saturated heterocycles. The first-order valence-electron chi connectivity index (χ1n) is 7.37. The average Bonchev–Trinajstić information content (AvgIpc) is 2.79. The highest BCUT2D eigenvalue weighted by molar-refractivity contribution is 8.00. The van der Waals surface area contributed by atoms with E-state index in [4.69, 9.17) is 4.74 Å². The van der Waals surface area contributed by atoms with Crippen molar-refractivity contribution in [1.29, 1.82) is 0 Å². The zero-order chi connectivity index (χ0) is 14.2. The molecule has 3 aliphatic rings. The minimum absolute atomic E-state index is 0.0931. The van der Waals surface area contributed by atoms with Crippen LogP contribution in [0.4, 0.5) is 0 Å². The molecule has 0 aromatic carbocycles. The number of ether oxygens (including phenoxy) is 1. The summed E-state index contributed by atoms with van der Waals surface area (Å²) < 4.78 is 5.64. The summed E-state index contributed by atoms with van der Waals surface area (Å²) in [5.41, 5.74) is 0. The Bertz CT molecular complexity index is 404. The molecule has 0 N–H and O–H groups in total. The first-order chi connectivity index (χ1) is 9.61. The van der Waals surface area contributed by atoms with Crippen molar-refractivity contribution in [2.45, 2.75) is 36.5 Å². The van der Waals surface area contributed by atoms with Crippen LogP contribution in [0.2, 0.25) is 0 Å². The van der Waals surface area contributed by atoms with Crippen LogP contribution in [-0.4, -0.2) is 71.5 Å². The van der Waals surface area contributed by atoms with Crippen LogP contribution in [0.5, 0.6) is 0 Å². The summed E-state index contributed by atoms with van der Waals surface area (Å²) in [7, 11) is 1.75. The lowest BCUT2D eigenvalue weighted by molar-refractivity contribution is -0.140. The molecule has 0 radical (unpaired) electrons. The van der Waals surface area contributed by atoms with Crippen LogP contribution in [0.1, 0.15) is 25.7 Å². The monoisotopic (exact) mass is 298 g/mol. The summed E-state index contributed by atoms with van der Waals surface area (Å²) in [6.07, 6.45) is 3.24. The molecule has 0 aromatic heterocycles. The van der Waals surface area contributed by atoms with Gasteiger partial charge in [0.25, 0.3) is 0 Å². The lowest BCUT2D eigenvalue weighted by Crippen LogP contribution is -2.55. The van der Waals surface area contributed by atoms with E-state index >= 15 is 0 Å². The van der Waals surface area contributed by atoms with Crippen LogP contribution < -0.4 is 0 Å². The molecule has 3 fully saturated rings. The van der Waals surface area contributed by atoms with Crippen LogP contribution in [0.3, 0.4) is 0 Å². The molecule has 3 rings (SSSR count). The summed E-state index contributed by atoms with van der Waals surface area (Å²) in [6.45, 7) is 3.23. The third kappa shape index (κ3) is 2.55. The molecule has 2 amide bonds. The zero-order valence-electron chi connectivity index (χ0n) is 12.0. The van der Waals surface area contributed by atoms with Crippen LogP contribution in [-0.2, 0) is 14.3 Å². The summed E-state index contributed by atoms with van der Waals surface area (Å²) >= 11 is 2.00. The summed E-state index contributed by atoms with van der Waals surface area (Å²) in [5.74, 6) is 1.23. The van der Waals surface area contributed by atoms with Gasteiger partial charge >= 0.3 is 0 Å². The molecule has 3 heterocycles. The van der Waals surface area contributed by atoms with Crippen molar-refractivity contribution >= 4 is 23.6 Å². The topological polar surface area (TPSA) is 49.9 Å². The van der Waals surface area contributed by atoms with Crippen molar-refractivity contribution in [3.05, 3.63) is 0 Å². The van der Waals surface area contributed by atoms with Gasteiger partial charge in [0.15, 0.2) is 0 Å². The molecule has 6 heteroatoms. The van der Waals surface area contributed by atoms with Crippen molar-refractivity contribution in [1.82, 2.24) is 9.80 Å². The smallest absolute Gasteiger partial charge is 0.245 e. The summed E-state index contributed by atoms with van der Waals surface area (Å²) in [6, 6.07) is -0.234. The van der Waals surface area contributed by atoms with Crippen molar-refractivity contribution < 1.29 is 14.3 Å². The molecule has 1 unspecified atom stereocenters. The molecule has 20 heavy (non-hydrogen) atoms. The maximum atomic E-state index is 12.7.